The number of nitrogens with zero attached hydrogens (tertiary/aromatic N) is 2. The van der Waals surface area contributed by atoms with Crippen LogP contribution in [0.1, 0.15) is 47.5 Å². The quantitative estimate of drug-likeness (QED) is 0.860. The molecule has 21 heavy (non-hydrogen) atoms. The van der Waals surface area contributed by atoms with Crippen LogP contribution in [0.2, 0.25) is 0 Å². The number of amides is 2. The number of carbonyl (C=O) groups excluding carboxylic acids is 2. The standard InChI is InChI=1S/C15H29N3O2.ClH/c1-6-7-15(5,16)13(20)18-10-8-17(9-11-18)12(19)14(2,3)4;/h6-11,16H2,1-5H3;1H. The number of rotatable bonds is 3. The molecular weight excluding hydrogens is 290 g/mol. The topological polar surface area (TPSA) is 66.6 Å². The van der Waals surface area contributed by atoms with Crippen LogP contribution in [0.15, 0.2) is 0 Å². The summed E-state index contributed by atoms with van der Waals surface area (Å²) >= 11 is 0. The van der Waals surface area contributed by atoms with Gasteiger partial charge in [0.15, 0.2) is 0 Å². The number of nitrogens with two attached hydrogens (primary N) is 1. The maximum atomic E-state index is 12.4. The van der Waals surface area contributed by atoms with E-state index in [1.807, 2.05) is 32.6 Å². The van der Waals surface area contributed by atoms with Crippen molar-refractivity contribution in [2.75, 3.05) is 26.2 Å². The molecule has 0 aromatic carbocycles. The predicted octanol–water partition coefficient (Wildman–Crippen LogP) is 1.64. The van der Waals surface area contributed by atoms with Crippen molar-refractivity contribution in [1.82, 2.24) is 9.80 Å². The van der Waals surface area contributed by atoms with Gasteiger partial charge in [0.05, 0.1) is 5.54 Å². The summed E-state index contributed by atoms with van der Waals surface area (Å²) in [6, 6.07) is 0. The van der Waals surface area contributed by atoms with Crippen molar-refractivity contribution < 1.29 is 9.59 Å². The summed E-state index contributed by atoms with van der Waals surface area (Å²) in [5, 5.41) is 0. The highest BCUT2D eigenvalue weighted by molar-refractivity contribution is 5.86. The molecule has 1 aliphatic rings. The van der Waals surface area contributed by atoms with E-state index in [0.717, 1.165) is 6.42 Å². The molecule has 2 N–H and O–H groups in total. The van der Waals surface area contributed by atoms with Crippen molar-refractivity contribution in [3.8, 4) is 0 Å². The Morgan fingerprint density at radius 2 is 1.33 bits per heavy atom. The van der Waals surface area contributed by atoms with Crippen molar-refractivity contribution in [3.05, 3.63) is 0 Å². The molecular formula is C15H30ClN3O2. The van der Waals surface area contributed by atoms with E-state index >= 15 is 0 Å². The first kappa shape index (κ1) is 20.2. The van der Waals surface area contributed by atoms with Crippen LogP contribution in [0.25, 0.3) is 0 Å². The second-order valence-electron chi connectivity index (χ2n) is 7.00. The zero-order valence-corrected chi connectivity index (χ0v) is 14.8. The summed E-state index contributed by atoms with van der Waals surface area (Å²) in [5.41, 5.74) is 4.94. The van der Waals surface area contributed by atoms with E-state index in [-0.39, 0.29) is 29.6 Å². The molecule has 6 heteroatoms. The first-order chi connectivity index (χ1) is 9.09. The fraction of sp³-hybridized carbons (Fsp3) is 0.867. The molecule has 1 saturated heterocycles. The van der Waals surface area contributed by atoms with Gasteiger partial charge in [-0.25, -0.2) is 0 Å². The minimum absolute atomic E-state index is 0. The second kappa shape index (κ2) is 7.45. The van der Waals surface area contributed by atoms with E-state index in [9.17, 15) is 9.59 Å². The summed E-state index contributed by atoms with van der Waals surface area (Å²) in [6.07, 6.45) is 1.58. The van der Waals surface area contributed by atoms with Crippen molar-refractivity contribution in [1.29, 1.82) is 0 Å². The third-order valence-electron chi connectivity index (χ3n) is 3.75. The molecule has 0 bridgehead atoms. The Morgan fingerprint density at radius 3 is 1.67 bits per heavy atom. The van der Waals surface area contributed by atoms with Crippen LogP contribution >= 0.6 is 12.4 Å². The van der Waals surface area contributed by atoms with Gasteiger partial charge in [0.25, 0.3) is 0 Å². The lowest BCUT2D eigenvalue weighted by Crippen LogP contribution is -2.59. The van der Waals surface area contributed by atoms with Gasteiger partial charge in [-0.1, -0.05) is 34.1 Å². The Hall–Kier alpha value is -0.810. The van der Waals surface area contributed by atoms with Crippen molar-refractivity contribution in [3.63, 3.8) is 0 Å². The maximum absolute atomic E-state index is 12.4. The Morgan fingerprint density at radius 1 is 0.952 bits per heavy atom. The molecule has 0 saturated carbocycles. The molecule has 1 atom stereocenters. The van der Waals surface area contributed by atoms with E-state index < -0.39 is 5.54 Å². The Labute approximate surface area is 134 Å². The molecule has 1 aliphatic heterocycles. The first-order valence-corrected chi connectivity index (χ1v) is 7.47. The lowest BCUT2D eigenvalue weighted by Gasteiger charge is -2.40. The highest BCUT2D eigenvalue weighted by atomic mass is 35.5. The average Bonchev–Trinajstić information content (AvgIpc) is 2.36. The van der Waals surface area contributed by atoms with Crippen LogP contribution in [0.5, 0.6) is 0 Å². The average molecular weight is 320 g/mol. The number of halogens is 1. The van der Waals surface area contributed by atoms with Crippen molar-refractivity contribution in [2.45, 2.75) is 53.0 Å². The predicted molar refractivity (Wildman–Crippen MR) is 87.4 cm³/mol. The summed E-state index contributed by atoms with van der Waals surface area (Å²) in [5.74, 6) is 0.149. The molecule has 124 valence electrons. The van der Waals surface area contributed by atoms with Gasteiger partial charge in [-0.05, 0) is 13.3 Å². The molecule has 1 fully saturated rings. The van der Waals surface area contributed by atoms with Gasteiger partial charge in [-0.2, -0.15) is 0 Å². The van der Waals surface area contributed by atoms with E-state index in [4.69, 9.17) is 5.73 Å². The molecule has 1 rings (SSSR count). The number of piperazine rings is 1. The van der Waals surface area contributed by atoms with E-state index in [1.165, 1.54) is 0 Å². The number of carbonyl (C=O) groups is 2. The summed E-state index contributed by atoms with van der Waals surface area (Å²) < 4.78 is 0. The summed E-state index contributed by atoms with van der Waals surface area (Å²) in [7, 11) is 0. The summed E-state index contributed by atoms with van der Waals surface area (Å²) in [4.78, 5) is 28.2. The third kappa shape index (κ3) is 5.15. The van der Waals surface area contributed by atoms with Gasteiger partial charge in [-0.3, -0.25) is 9.59 Å². The molecule has 1 heterocycles. The minimum atomic E-state index is -0.787. The minimum Gasteiger partial charge on any atom is -0.339 e. The fourth-order valence-electron chi connectivity index (χ4n) is 2.57. The van der Waals surface area contributed by atoms with Crippen LogP contribution in [0.4, 0.5) is 0 Å². The van der Waals surface area contributed by atoms with Crippen LogP contribution in [0, 0.1) is 5.41 Å². The maximum Gasteiger partial charge on any atom is 0.242 e. The first-order valence-electron chi connectivity index (χ1n) is 7.47. The second-order valence-corrected chi connectivity index (χ2v) is 7.00. The third-order valence-corrected chi connectivity index (χ3v) is 3.75. The Bertz CT molecular complexity index is 370. The molecule has 0 aromatic heterocycles. The molecule has 2 amide bonds. The smallest absolute Gasteiger partial charge is 0.242 e. The molecule has 0 aromatic rings. The SMILES string of the molecule is CCCC(C)(N)C(=O)N1CCN(C(=O)C(C)(C)C)CC1.Cl. The molecule has 0 spiro atoms. The highest BCUT2D eigenvalue weighted by Gasteiger charge is 2.35. The Balaban J connectivity index is 0.00000400. The van der Waals surface area contributed by atoms with Gasteiger partial charge in [0.2, 0.25) is 11.8 Å². The van der Waals surface area contributed by atoms with Crippen molar-refractivity contribution in [2.24, 2.45) is 11.1 Å². The van der Waals surface area contributed by atoms with Gasteiger partial charge in [-0.15, -0.1) is 12.4 Å². The van der Waals surface area contributed by atoms with Gasteiger partial charge in [0, 0.05) is 31.6 Å². The van der Waals surface area contributed by atoms with Crippen LogP contribution in [-0.2, 0) is 9.59 Å². The monoisotopic (exact) mass is 319 g/mol. The molecule has 0 radical (unpaired) electrons. The Kier molecular flexibility index (Phi) is 7.16. The summed E-state index contributed by atoms with van der Waals surface area (Å²) in [6.45, 7) is 12.0. The number of hydrogen-bond donors (Lipinski definition) is 1. The van der Waals surface area contributed by atoms with E-state index in [0.29, 0.717) is 32.6 Å². The van der Waals surface area contributed by atoms with Gasteiger partial charge in [0.1, 0.15) is 0 Å². The molecule has 5 nitrogen and oxygen atoms in total. The zero-order chi connectivity index (χ0) is 15.6. The van der Waals surface area contributed by atoms with Crippen molar-refractivity contribution >= 4 is 24.2 Å². The van der Waals surface area contributed by atoms with E-state index in [2.05, 4.69) is 0 Å². The zero-order valence-electron chi connectivity index (χ0n) is 13.9. The largest absolute Gasteiger partial charge is 0.339 e. The van der Waals surface area contributed by atoms with Crippen LogP contribution < -0.4 is 5.73 Å². The lowest BCUT2D eigenvalue weighted by atomic mass is 9.93. The normalized spacial score (nSPS) is 18.8. The lowest BCUT2D eigenvalue weighted by molar-refractivity contribution is -0.146. The molecule has 0 aliphatic carbocycles. The van der Waals surface area contributed by atoms with Gasteiger partial charge >= 0.3 is 0 Å². The number of hydrogen-bond acceptors (Lipinski definition) is 3. The van der Waals surface area contributed by atoms with Crippen LogP contribution in [0.3, 0.4) is 0 Å². The van der Waals surface area contributed by atoms with Crippen LogP contribution in [-0.4, -0.2) is 53.3 Å². The highest BCUT2D eigenvalue weighted by Crippen LogP contribution is 2.20. The fourth-order valence-corrected chi connectivity index (χ4v) is 2.57. The van der Waals surface area contributed by atoms with Gasteiger partial charge < -0.3 is 15.5 Å². The molecule has 1 unspecified atom stereocenters. The van der Waals surface area contributed by atoms with E-state index in [1.54, 1.807) is 11.8 Å².